The summed E-state index contributed by atoms with van der Waals surface area (Å²) in [6.07, 6.45) is -4.65. The third-order valence-corrected chi connectivity index (χ3v) is 4.28. The monoisotopic (exact) mass is 383 g/mol. The van der Waals surface area contributed by atoms with E-state index in [1.165, 1.54) is 25.3 Å². The minimum Gasteiger partial charge on any atom is -0.496 e. The van der Waals surface area contributed by atoms with Crippen molar-refractivity contribution in [3.8, 4) is 16.9 Å². The molecule has 1 aromatic heterocycles. The van der Waals surface area contributed by atoms with Gasteiger partial charge in [-0.2, -0.15) is 13.2 Å². The van der Waals surface area contributed by atoms with Crippen molar-refractivity contribution in [3.63, 3.8) is 0 Å². The molecule has 0 atom stereocenters. The highest BCUT2D eigenvalue weighted by Crippen LogP contribution is 2.41. The Hall–Kier alpha value is -2.51. The Labute approximate surface area is 150 Å². The summed E-state index contributed by atoms with van der Waals surface area (Å²) in [6, 6.07) is 8.14. The zero-order valence-electron chi connectivity index (χ0n) is 13.4. The van der Waals surface area contributed by atoms with Crippen LogP contribution in [0.15, 0.2) is 41.2 Å². The van der Waals surface area contributed by atoms with Crippen LogP contribution in [-0.4, -0.2) is 17.2 Å². The van der Waals surface area contributed by atoms with Crippen LogP contribution in [0.2, 0.25) is 5.02 Å². The molecule has 2 aromatic carbocycles. The molecule has 0 spiro atoms. The number of halogens is 4. The summed E-state index contributed by atoms with van der Waals surface area (Å²) < 4.78 is 45.3. The van der Waals surface area contributed by atoms with E-state index in [1.54, 1.807) is 12.1 Å². The number of benzene rings is 2. The van der Waals surface area contributed by atoms with E-state index in [4.69, 9.17) is 16.3 Å². The Bertz CT molecular complexity index is 1040. The molecule has 0 amide bonds. The molecular formula is C18H13ClF3NO3. The van der Waals surface area contributed by atoms with Gasteiger partial charge in [-0.25, -0.2) is 0 Å². The van der Waals surface area contributed by atoms with Gasteiger partial charge in [-0.3, -0.25) is 4.79 Å². The molecule has 3 aromatic rings. The van der Waals surface area contributed by atoms with Crippen molar-refractivity contribution in [1.82, 2.24) is 4.98 Å². The van der Waals surface area contributed by atoms with Crippen molar-refractivity contribution >= 4 is 22.5 Å². The number of aromatic amines is 1. The minimum atomic E-state index is -4.65. The van der Waals surface area contributed by atoms with E-state index in [0.29, 0.717) is 16.3 Å². The lowest BCUT2D eigenvalue weighted by atomic mass is 9.94. The number of hydrogen-bond donors (Lipinski definition) is 2. The van der Waals surface area contributed by atoms with E-state index < -0.39 is 23.9 Å². The lowest BCUT2D eigenvalue weighted by Crippen LogP contribution is -2.17. The summed E-state index contributed by atoms with van der Waals surface area (Å²) in [7, 11) is 1.39. The highest BCUT2D eigenvalue weighted by molar-refractivity contribution is 6.31. The number of para-hydroxylation sites is 1. The van der Waals surface area contributed by atoms with Crippen molar-refractivity contribution in [2.24, 2.45) is 0 Å². The Balaban J connectivity index is 2.53. The average molecular weight is 384 g/mol. The molecule has 0 bridgehead atoms. The van der Waals surface area contributed by atoms with Crippen LogP contribution < -0.4 is 10.3 Å². The van der Waals surface area contributed by atoms with Gasteiger partial charge in [0.15, 0.2) is 0 Å². The van der Waals surface area contributed by atoms with Crippen LogP contribution >= 0.6 is 11.6 Å². The molecule has 26 heavy (non-hydrogen) atoms. The number of methoxy groups -OCH3 is 1. The number of pyridine rings is 1. The Morgan fingerprint density at radius 2 is 1.96 bits per heavy atom. The van der Waals surface area contributed by atoms with Crippen LogP contribution in [0.1, 0.15) is 11.1 Å². The van der Waals surface area contributed by atoms with Crippen LogP contribution in [-0.2, 0) is 12.8 Å². The molecule has 0 aliphatic rings. The zero-order chi connectivity index (χ0) is 19.1. The molecule has 1 heterocycles. The number of alkyl halides is 3. The predicted octanol–water partition coefficient (Wildman–Crippen LogP) is 4.37. The smallest absolute Gasteiger partial charge is 0.418 e. The van der Waals surface area contributed by atoms with Crippen molar-refractivity contribution in [2.45, 2.75) is 12.8 Å². The van der Waals surface area contributed by atoms with Crippen molar-refractivity contribution in [3.05, 3.63) is 62.9 Å². The molecule has 0 unspecified atom stereocenters. The molecule has 2 N–H and O–H groups in total. The summed E-state index contributed by atoms with van der Waals surface area (Å²) in [5.41, 5.74) is -1.75. The van der Waals surface area contributed by atoms with Crippen LogP contribution in [0.25, 0.3) is 22.0 Å². The van der Waals surface area contributed by atoms with Gasteiger partial charge in [0.05, 0.1) is 30.4 Å². The third-order valence-electron chi connectivity index (χ3n) is 4.04. The standard InChI is InChI=1S/C18H13ClF3NO3/c1-26-14-6-5-9(19)7-11(14)15-10-3-2-4-13(18(20,21)22)16(10)23-17(25)12(15)8-24/h2-7,24H,8H2,1H3,(H,23,25). The molecule has 0 saturated heterocycles. The fourth-order valence-electron chi connectivity index (χ4n) is 2.93. The van der Waals surface area contributed by atoms with E-state index in [2.05, 4.69) is 4.98 Å². The number of aliphatic hydroxyl groups is 1. The number of nitrogens with one attached hydrogen (secondary N) is 1. The number of aliphatic hydroxyl groups excluding tert-OH is 1. The fraction of sp³-hybridized carbons (Fsp3) is 0.167. The first-order valence-electron chi connectivity index (χ1n) is 7.47. The molecule has 0 aliphatic carbocycles. The number of aromatic nitrogens is 1. The highest BCUT2D eigenvalue weighted by atomic mass is 35.5. The first kappa shape index (κ1) is 18.3. The molecule has 0 radical (unpaired) electrons. The largest absolute Gasteiger partial charge is 0.496 e. The number of ether oxygens (including phenoxy) is 1. The topological polar surface area (TPSA) is 62.3 Å². The van der Waals surface area contributed by atoms with Crippen molar-refractivity contribution in [2.75, 3.05) is 7.11 Å². The Morgan fingerprint density at radius 1 is 1.23 bits per heavy atom. The van der Waals surface area contributed by atoms with Gasteiger partial charge in [-0.1, -0.05) is 23.7 Å². The molecule has 0 aliphatic heterocycles. The van der Waals surface area contributed by atoms with Crippen LogP contribution in [0.3, 0.4) is 0 Å². The second-order valence-corrected chi connectivity index (χ2v) is 5.97. The molecule has 0 fully saturated rings. The molecule has 4 nitrogen and oxygen atoms in total. The SMILES string of the molecule is COc1ccc(Cl)cc1-c1c(CO)c(=O)[nH]c2c(C(F)(F)F)cccc12. The number of hydrogen-bond acceptors (Lipinski definition) is 3. The van der Waals surface area contributed by atoms with Crippen LogP contribution in [0.5, 0.6) is 5.75 Å². The maximum Gasteiger partial charge on any atom is 0.418 e. The number of H-pyrrole nitrogens is 1. The van der Waals surface area contributed by atoms with Gasteiger partial charge < -0.3 is 14.8 Å². The summed E-state index contributed by atoms with van der Waals surface area (Å²) in [5, 5.41) is 10.1. The van der Waals surface area contributed by atoms with Crippen molar-refractivity contribution in [1.29, 1.82) is 0 Å². The molecule has 8 heteroatoms. The molecule has 0 saturated carbocycles. The summed E-state index contributed by atoms with van der Waals surface area (Å²) in [5.74, 6) is 0.313. The highest BCUT2D eigenvalue weighted by Gasteiger charge is 2.34. The van der Waals surface area contributed by atoms with E-state index in [0.717, 1.165) is 6.07 Å². The lowest BCUT2D eigenvalue weighted by Gasteiger charge is -2.17. The maximum absolute atomic E-state index is 13.4. The van der Waals surface area contributed by atoms with Gasteiger partial charge in [0.2, 0.25) is 0 Å². The van der Waals surface area contributed by atoms with Crippen LogP contribution in [0.4, 0.5) is 13.2 Å². The van der Waals surface area contributed by atoms with Gasteiger partial charge in [0.1, 0.15) is 5.75 Å². The Kier molecular flexibility index (Phi) is 4.68. The third kappa shape index (κ3) is 3.04. The molecule has 3 rings (SSSR count). The summed E-state index contributed by atoms with van der Waals surface area (Å²) in [6.45, 7) is -0.660. The average Bonchev–Trinajstić information content (AvgIpc) is 2.59. The first-order valence-corrected chi connectivity index (χ1v) is 7.85. The lowest BCUT2D eigenvalue weighted by molar-refractivity contribution is -0.136. The summed E-state index contributed by atoms with van der Waals surface area (Å²) >= 11 is 6.03. The quantitative estimate of drug-likeness (QED) is 0.706. The second kappa shape index (κ2) is 6.66. The first-order chi connectivity index (χ1) is 12.3. The minimum absolute atomic E-state index is 0.0719. The maximum atomic E-state index is 13.4. The van der Waals surface area contributed by atoms with Crippen LogP contribution in [0, 0.1) is 0 Å². The van der Waals surface area contributed by atoms with E-state index >= 15 is 0 Å². The van der Waals surface area contributed by atoms with Gasteiger partial charge in [-0.15, -0.1) is 0 Å². The number of rotatable bonds is 3. The zero-order valence-corrected chi connectivity index (χ0v) is 14.2. The number of fused-ring (bicyclic) bond motifs is 1. The van der Waals surface area contributed by atoms with E-state index in [-0.39, 0.29) is 22.0 Å². The molecule has 136 valence electrons. The predicted molar refractivity (Wildman–Crippen MR) is 92.5 cm³/mol. The fourth-order valence-corrected chi connectivity index (χ4v) is 3.10. The Morgan fingerprint density at radius 3 is 2.58 bits per heavy atom. The second-order valence-electron chi connectivity index (χ2n) is 5.54. The van der Waals surface area contributed by atoms with Crippen molar-refractivity contribution < 1.29 is 23.0 Å². The van der Waals surface area contributed by atoms with Gasteiger partial charge >= 0.3 is 6.18 Å². The molecular weight excluding hydrogens is 371 g/mol. The van der Waals surface area contributed by atoms with Gasteiger partial charge in [0, 0.05) is 21.5 Å². The van der Waals surface area contributed by atoms with E-state index in [1.807, 2.05) is 0 Å². The summed E-state index contributed by atoms with van der Waals surface area (Å²) in [4.78, 5) is 14.6. The van der Waals surface area contributed by atoms with Gasteiger partial charge in [0.25, 0.3) is 5.56 Å². The van der Waals surface area contributed by atoms with E-state index in [9.17, 15) is 23.1 Å². The normalized spacial score (nSPS) is 11.8. The van der Waals surface area contributed by atoms with Gasteiger partial charge in [-0.05, 0) is 24.3 Å².